The van der Waals surface area contributed by atoms with Gasteiger partial charge >= 0.3 is 0 Å². The summed E-state index contributed by atoms with van der Waals surface area (Å²) >= 11 is 0. The first-order valence-electron chi connectivity index (χ1n) is 6.01. The van der Waals surface area contributed by atoms with Gasteiger partial charge in [-0.1, -0.05) is 6.92 Å². The van der Waals surface area contributed by atoms with Gasteiger partial charge in [-0.05, 0) is 19.4 Å². The third-order valence-corrected chi connectivity index (χ3v) is 2.76. The number of hydrogen-bond acceptors (Lipinski definition) is 5. The number of likely N-dealkylation sites (N-methyl/N-ethyl adjacent to an activating group) is 1. The monoisotopic (exact) mass is 225 g/mol. The Morgan fingerprint density at radius 3 is 3.12 bits per heavy atom. The zero-order chi connectivity index (χ0) is 11.2. The molecule has 0 amide bonds. The van der Waals surface area contributed by atoms with Crippen molar-refractivity contribution in [3.8, 4) is 0 Å². The lowest BCUT2D eigenvalue weighted by atomic mass is 10.0. The maximum Gasteiger partial charge on any atom is 0.221 e. The molecule has 1 atom stereocenters. The molecule has 90 valence electrons. The maximum atomic E-state index is 5.63. The highest BCUT2D eigenvalue weighted by Crippen LogP contribution is 2.23. The Bertz CT molecular complexity index is 308. The highest BCUT2D eigenvalue weighted by Gasteiger charge is 2.21. The zero-order valence-corrected chi connectivity index (χ0v) is 9.74. The average molecular weight is 225 g/mol. The zero-order valence-electron chi connectivity index (χ0n) is 9.74. The van der Waals surface area contributed by atoms with Crippen LogP contribution in [0.5, 0.6) is 0 Å². The van der Waals surface area contributed by atoms with Crippen LogP contribution < -0.4 is 5.32 Å². The van der Waals surface area contributed by atoms with E-state index in [1.165, 1.54) is 0 Å². The molecule has 2 heterocycles. The predicted octanol–water partition coefficient (Wildman–Crippen LogP) is 1.12. The molecule has 2 rings (SSSR count). The summed E-state index contributed by atoms with van der Waals surface area (Å²) in [7, 11) is 0. The van der Waals surface area contributed by atoms with E-state index < -0.39 is 0 Å². The third kappa shape index (κ3) is 3.02. The number of ether oxygens (including phenoxy) is 1. The molecule has 0 spiro atoms. The van der Waals surface area contributed by atoms with Crippen molar-refractivity contribution in [2.75, 3.05) is 26.3 Å². The van der Waals surface area contributed by atoms with E-state index in [9.17, 15) is 0 Å². The van der Waals surface area contributed by atoms with Crippen molar-refractivity contribution in [3.63, 3.8) is 0 Å². The van der Waals surface area contributed by atoms with Crippen molar-refractivity contribution in [2.45, 2.75) is 32.1 Å². The Morgan fingerprint density at radius 1 is 1.44 bits per heavy atom. The summed E-state index contributed by atoms with van der Waals surface area (Å²) in [5.41, 5.74) is 0. The molecule has 5 nitrogen and oxygen atoms in total. The second-order valence-corrected chi connectivity index (χ2v) is 4.05. The summed E-state index contributed by atoms with van der Waals surface area (Å²) in [5, 5.41) is 11.4. The molecule has 5 heteroatoms. The summed E-state index contributed by atoms with van der Waals surface area (Å²) in [6.45, 7) is 5.52. The molecule has 0 aromatic carbocycles. The van der Waals surface area contributed by atoms with E-state index >= 15 is 0 Å². The lowest BCUT2D eigenvalue weighted by molar-refractivity contribution is 0.0721. The second-order valence-electron chi connectivity index (χ2n) is 4.05. The predicted molar refractivity (Wildman–Crippen MR) is 59.3 cm³/mol. The van der Waals surface area contributed by atoms with Gasteiger partial charge in [0.25, 0.3) is 0 Å². The summed E-state index contributed by atoms with van der Waals surface area (Å²) < 4.78 is 11.0. The normalized spacial score (nSPS) is 21.2. The molecule has 0 bridgehead atoms. The molecule has 0 aliphatic carbocycles. The van der Waals surface area contributed by atoms with Crippen LogP contribution in [0.1, 0.15) is 37.5 Å². The third-order valence-electron chi connectivity index (χ3n) is 2.76. The molecular formula is C11H19N3O2. The highest BCUT2D eigenvalue weighted by molar-refractivity contribution is 4.93. The van der Waals surface area contributed by atoms with E-state index in [4.69, 9.17) is 9.15 Å². The van der Waals surface area contributed by atoms with Gasteiger partial charge in [0.05, 0.1) is 12.5 Å². The summed E-state index contributed by atoms with van der Waals surface area (Å²) in [4.78, 5) is 0. The van der Waals surface area contributed by atoms with Crippen LogP contribution in [0.15, 0.2) is 4.42 Å². The SMILES string of the molecule is CCNCCc1nnc(C2CCCOC2)o1. The van der Waals surface area contributed by atoms with Crippen LogP contribution in [-0.2, 0) is 11.2 Å². The van der Waals surface area contributed by atoms with Crippen LogP contribution in [0.25, 0.3) is 0 Å². The molecule has 1 aliphatic heterocycles. The molecule has 1 aliphatic rings. The van der Waals surface area contributed by atoms with Gasteiger partial charge < -0.3 is 14.5 Å². The van der Waals surface area contributed by atoms with Crippen molar-refractivity contribution < 1.29 is 9.15 Å². The van der Waals surface area contributed by atoms with Gasteiger partial charge in [-0.25, -0.2) is 0 Å². The molecule has 1 aromatic heterocycles. The fraction of sp³-hybridized carbons (Fsp3) is 0.818. The minimum Gasteiger partial charge on any atom is -0.425 e. The lowest BCUT2D eigenvalue weighted by Gasteiger charge is -2.18. The number of nitrogens with zero attached hydrogens (tertiary/aromatic N) is 2. The average Bonchev–Trinajstić information content (AvgIpc) is 2.79. The standard InChI is InChI=1S/C11H19N3O2/c1-2-12-6-5-10-13-14-11(16-10)9-4-3-7-15-8-9/h9,12H,2-8H2,1H3. The van der Waals surface area contributed by atoms with Crippen LogP contribution in [0.2, 0.25) is 0 Å². The van der Waals surface area contributed by atoms with Crippen molar-refractivity contribution >= 4 is 0 Å². The van der Waals surface area contributed by atoms with E-state index in [0.717, 1.165) is 57.3 Å². The molecule has 16 heavy (non-hydrogen) atoms. The van der Waals surface area contributed by atoms with Gasteiger partial charge in [0, 0.05) is 19.6 Å². The minimum absolute atomic E-state index is 0.300. The Labute approximate surface area is 95.6 Å². The first-order valence-corrected chi connectivity index (χ1v) is 6.01. The van der Waals surface area contributed by atoms with Crippen molar-refractivity contribution in [1.82, 2.24) is 15.5 Å². The van der Waals surface area contributed by atoms with Gasteiger partial charge in [-0.3, -0.25) is 0 Å². The molecular weight excluding hydrogens is 206 g/mol. The molecule has 0 saturated carbocycles. The minimum atomic E-state index is 0.300. The summed E-state index contributed by atoms with van der Waals surface area (Å²) in [5.74, 6) is 1.77. The highest BCUT2D eigenvalue weighted by atomic mass is 16.5. The second kappa shape index (κ2) is 5.96. The summed E-state index contributed by atoms with van der Waals surface area (Å²) in [6.07, 6.45) is 2.98. The van der Waals surface area contributed by atoms with Crippen LogP contribution in [-0.4, -0.2) is 36.5 Å². The van der Waals surface area contributed by atoms with E-state index in [0.29, 0.717) is 5.92 Å². The van der Waals surface area contributed by atoms with E-state index in [1.54, 1.807) is 0 Å². The smallest absolute Gasteiger partial charge is 0.221 e. The van der Waals surface area contributed by atoms with Crippen LogP contribution in [0.4, 0.5) is 0 Å². The van der Waals surface area contributed by atoms with Crippen molar-refractivity contribution in [1.29, 1.82) is 0 Å². The first-order chi connectivity index (χ1) is 7.90. The first kappa shape index (κ1) is 11.5. The Balaban J connectivity index is 1.85. The quantitative estimate of drug-likeness (QED) is 0.761. The van der Waals surface area contributed by atoms with E-state index in [1.807, 2.05) is 0 Å². The van der Waals surface area contributed by atoms with Gasteiger partial charge in [0.1, 0.15) is 0 Å². The number of hydrogen-bond donors (Lipinski definition) is 1. The maximum absolute atomic E-state index is 5.63. The van der Waals surface area contributed by atoms with Gasteiger partial charge in [0.15, 0.2) is 0 Å². The Morgan fingerprint density at radius 2 is 2.38 bits per heavy atom. The van der Waals surface area contributed by atoms with Crippen LogP contribution in [0.3, 0.4) is 0 Å². The van der Waals surface area contributed by atoms with Crippen LogP contribution in [0, 0.1) is 0 Å². The van der Waals surface area contributed by atoms with Crippen LogP contribution >= 0.6 is 0 Å². The molecule has 1 fully saturated rings. The number of aromatic nitrogens is 2. The number of rotatable bonds is 5. The van der Waals surface area contributed by atoms with Gasteiger partial charge in [0.2, 0.25) is 11.8 Å². The van der Waals surface area contributed by atoms with E-state index in [-0.39, 0.29) is 0 Å². The van der Waals surface area contributed by atoms with Gasteiger partial charge in [-0.15, -0.1) is 10.2 Å². The van der Waals surface area contributed by atoms with E-state index in [2.05, 4.69) is 22.4 Å². The fourth-order valence-corrected chi connectivity index (χ4v) is 1.84. The fourth-order valence-electron chi connectivity index (χ4n) is 1.84. The Kier molecular flexibility index (Phi) is 4.30. The molecule has 1 unspecified atom stereocenters. The molecule has 0 radical (unpaired) electrons. The molecule has 1 N–H and O–H groups in total. The van der Waals surface area contributed by atoms with Crippen molar-refractivity contribution in [3.05, 3.63) is 11.8 Å². The molecule has 1 aromatic rings. The molecule has 1 saturated heterocycles. The lowest BCUT2D eigenvalue weighted by Crippen LogP contribution is -2.16. The van der Waals surface area contributed by atoms with Crippen molar-refractivity contribution in [2.24, 2.45) is 0 Å². The number of nitrogens with one attached hydrogen (secondary N) is 1. The summed E-state index contributed by atoms with van der Waals surface area (Å²) in [6, 6.07) is 0. The Hall–Kier alpha value is -0.940. The van der Waals surface area contributed by atoms with Gasteiger partial charge in [-0.2, -0.15) is 0 Å². The largest absolute Gasteiger partial charge is 0.425 e. The topological polar surface area (TPSA) is 60.2 Å².